The summed E-state index contributed by atoms with van der Waals surface area (Å²) in [5.74, 6) is 0. The van der Waals surface area contributed by atoms with Gasteiger partial charge in [0.15, 0.2) is 0 Å². The molecule has 0 amide bonds. The minimum Gasteiger partial charge on any atom is -0.317 e. The van der Waals surface area contributed by atoms with Crippen LogP contribution in [-0.2, 0) is 0 Å². The molecule has 1 aliphatic rings. The van der Waals surface area contributed by atoms with E-state index < -0.39 is 0 Å². The summed E-state index contributed by atoms with van der Waals surface area (Å²) < 4.78 is 0. The largest absolute Gasteiger partial charge is 0.317 e. The van der Waals surface area contributed by atoms with E-state index in [2.05, 4.69) is 31.4 Å². The maximum absolute atomic E-state index is 3.59. The molecule has 0 bridgehead atoms. The van der Waals surface area contributed by atoms with E-state index in [-0.39, 0.29) is 0 Å². The van der Waals surface area contributed by atoms with Gasteiger partial charge in [0.05, 0.1) is 0 Å². The molecule has 0 aromatic rings. The van der Waals surface area contributed by atoms with Gasteiger partial charge in [0.2, 0.25) is 0 Å². The van der Waals surface area contributed by atoms with Gasteiger partial charge in [0, 0.05) is 6.04 Å². The molecule has 0 aliphatic carbocycles. The first-order valence-corrected chi connectivity index (χ1v) is 6.52. The van der Waals surface area contributed by atoms with E-state index in [4.69, 9.17) is 0 Å². The van der Waals surface area contributed by atoms with Gasteiger partial charge in [-0.2, -0.15) is 0 Å². The zero-order valence-corrected chi connectivity index (χ0v) is 10.7. The molecular formula is C13H28N2. The van der Waals surface area contributed by atoms with E-state index in [1.165, 1.54) is 45.2 Å². The van der Waals surface area contributed by atoms with Gasteiger partial charge in [-0.25, -0.2) is 0 Å². The third-order valence-corrected chi connectivity index (χ3v) is 3.13. The lowest BCUT2D eigenvalue weighted by molar-refractivity contribution is 0.350. The second-order valence-electron chi connectivity index (χ2n) is 6.00. The van der Waals surface area contributed by atoms with Gasteiger partial charge in [-0.15, -0.1) is 0 Å². The third kappa shape index (κ3) is 6.91. The summed E-state index contributed by atoms with van der Waals surface area (Å²) in [6.07, 6.45) is 6.73. The fraction of sp³-hybridized carbons (Fsp3) is 1.00. The number of rotatable bonds is 5. The Bertz CT molecular complexity index is 154. The molecule has 1 fully saturated rings. The molecule has 0 aromatic heterocycles. The van der Waals surface area contributed by atoms with Crippen molar-refractivity contribution in [1.82, 2.24) is 10.6 Å². The van der Waals surface area contributed by atoms with Crippen molar-refractivity contribution < 1.29 is 0 Å². The molecule has 1 unspecified atom stereocenters. The Morgan fingerprint density at radius 3 is 2.60 bits per heavy atom. The molecule has 90 valence electrons. The van der Waals surface area contributed by atoms with Gasteiger partial charge in [-0.1, -0.05) is 27.2 Å². The molecule has 2 N–H and O–H groups in total. The molecule has 2 nitrogen and oxygen atoms in total. The average Bonchev–Trinajstić information content (AvgIpc) is 2.17. The topological polar surface area (TPSA) is 24.1 Å². The van der Waals surface area contributed by atoms with Gasteiger partial charge >= 0.3 is 0 Å². The smallest absolute Gasteiger partial charge is 0.00791 e. The molecule has 1 rings (SSSR count). The van der Waals surface area contributed by atoms with Crippen LogP contribution in [0.25, 0.3) is 0 Å². The molecular weight excluding hydrogens is 184 g/mol. The van der Waals surface area contributed by atoms with Crippen molar-refractivity contribution >= 4 is 0 Å². The monoisotopic (exact) mass is 212 g/mol. The minimum atomic E-state index is 0.468. The quantitative estimate of drug-likeness (QED) is 0.684. The summed E-state index contributed by atoms with van der Waals surface area (Å²) in [4.78, 5) is 0. The Hall–Kier alpha value is -0.0800. The van der Waals surface area contributed by atoms with Gasteiger partial charge in [0.25, 0.3) is 0 Å². The summed E-state index contributed by atoms with van der Waals surface area (Å²) in [5.41, 5.74) is 0.468. The van der Waals surface area contributed by atoms with Crippen LogP contribution in [0.1, 0.15) is 52.9 Å². The van der Waals surface area contributed by atoms with Crippen molar-refractivity contribution in [3.8, 4) is 0 Å². The fourth-order valence-electron chi connectivity index (χ4n) is 2.04. The minimum absolute atomic E-state index is 0.468. The molecule has 1 atom stereocenters. The van der Waals surface area contributed by atoms with Gasteiger partial charge in [0.1, 0.15) is 0 Å². The van der Waals surface area contributed by atoms with E-state index >= 15 is 0 Å². The van der Waals surface area contributed by atoms with E-state index in [0.717, 1.165) is 12.6 Å². The molecule has 1 aliphatic heterocycles. The van der Waals surface area contributed by atoms with Crippen LogP contribution >= 0.6 is 0 Å². The molecule has 1 heterocycles. The maximum Gasteiger partial charge on any atom is 0.00791 e. The van der Waals surface area contributed by atoms with Crippen LogP contribution in [0.15, 0.2) is 0 Å². The van der Waals surface area contributed by atoms with Gasteiger partial charge < -0.3 is 10.6 Å². The zero-order chi connectivity index (χ0) is 11.1. The Labute approximate surface area is 95.2 Å². The van der Waals surface area contributed by atoms with Crippen LogP contribution in [0.3, 0.4) is 0 Å². The molecule has 0 spiro atoms. The van der Waals surface area contributed by atoms with Crippen LogP contribution in [0.2, 0.25) is 0 Å². The Kier molecular flexibility index (Phi) is 5.62. The van der Waals surface area contributed by atoms with E-state index in [0.29, 0.717) is 5.41 Å². The number of hydrogen-bond donors (Lipinski definition) is 2. The van der Waals surface area contributed by atoms with Crippen LogP contribution in [0.5, 0.6) is 0 Å². The maximum atomic E-state index is 3.59. The predicted molar refractivity (Wildman–Crippen MR) is 67.2 cm³/mol. The molecule has 1 saturated heterocycles. The van der Waals surface area contributed by atoms with Crippen molar-refractivity contribution in [1.29, 1.82) is 0 Å². The van der Waals surface area contributed by atoms with Gasteiger partial charge in [-0.3, -0.25) is 0 Å². The summed E-state index contributed by atoms with van der Waals surface area (Å²) in [6.45, 7) is 10.5. The van der Waals surface area contributed by atoms with Crippen molar-refractivity contribution in [2.75, 3.05) is 19.6 Å². The number of piperidine rings is 1. The van der Waals surface area contributed by atoms with E-state index in [1.807, 2.05) is 0 Å². The van der Waals surface area contributed by atoms with E-state index in [1.54, 1.807) is 0 Å². The highest BCUT2D eigenvalue weighted by Crippen LogP contribution is 2.17. The lowest BCUT2D eigenvalue weighted by atomic mass is 9.92. The van der Waals surface area contributed by atoms with Crippen molar-refractivity contribution in [2.45, 2.75) is 58.9 Å². The molecule has 15 heavy (non-hydrogen) atoms. The van der Waals surface area contributed by atoms with Crippen LogP contribution < -0.4 is 10.6 Å². The molecule has 2 heteroatoms. The molecule has 0 aromatic carbocycles. The summed E-state index contributed by atoms with van der Waals surface area (Å²) >= 11 is 0. The van der Waals surface area contributed by atoms with Crippen molar-refractivity contribution in [2.24, 2.45) is 5.41 Å². The van der Waals surface area contributed by atoms with E-state index in [9.17, 15) is 0 Å². The van der Waals surface area contributed by atoms with Crippen molar-refractivity contribution in [3.63, 3.8) is 0 Å². The number of nitrogens with one attached hydrogen (secondary N) is 2. The van der Waals surface area contributed by atoms with Crippen LogP contribution in [-0.4, -0.2) is 25.7 Å². The lowest BCUT2D eigenvalue weighted by Crippen LogP contribution is -2.36. The highest BCUT2D eigenvalue weighted by molar-refractivity contribution is 4.73. The Morgan fingerprint density at radius 2 is 2.00 bits per heavy atom. The first-order valence-electron chi connectivity index (χ1n) is 6.52. The predicted octanol–water partition coefficient (Wildman–Crippen LogP) is 2.54. The second-order valence-corrected chi connectivity index (χ2v) is 6.00. The van der Waals surface area contributed by atoms with Crippen molar-refractivity contribution in [3.05, 3.63) is 0 Å². The van der Waals surface area contributed by atoms with Gasteiger partial charge in [-0.05, 0) is 50.7 Å². The SMILES string of the molecule is CC(C)(C)CCNCCC1CCCCN1. The first kappa shape index (κ1) is 13.0. The second kappa shape index (κ2) is 6.49. The standard InChI is InChI=1S/C13H28N2/c1-13(2,3)8-11-14-10-7-12-6-4-5-9-15-12/h12,14-15H,4-11H2,1-3H3. The highest BCUT2D eigenvalue weighted by Gasteiger charge is 2.12. The Morgan fingerprint density at radius 1 is 1.20 bits per heavy atom. The number of hydrogen-bond acceptors (Lipinski definition) is 2. The van der Waals surface area contributed by atoms with Crippen LogP contribution in [0.4, 0.5) is 0 Å². The highest BCUT2D eigenvalue weighted by atomic mass is 14.9. The Balaban J connectivity index is 1.92. The summed E-state index contributed by atoms with van der Waals surface area (Å²) in [6, 6.07) is 0.779. The fourth-order valence-corrected chi connectivity index (χ4v) is 2.04. The third-order valence-electron chi connectivity index (χ3n) is 3.13. The molecule has 0 saturated carbocycles. The lowest BCUT2D eigenvalue weighted by Gasteiger charge is -2.24. The zero-order valence-electron chi connectivity index (χ0n) is 10.7. The summed E-state index contributed by atoms with van der Waals surface area (Å²) in [7, 11) is 0. The molecule has 0 radical (unpaired) electrons. The summed E-state index contributed by atoms with van der Waals surface area (Å²) in [5, 5.41) is 7.14. The average molecular weight is 212 g/mol. The normalized spacial score (nSPS) is 23.0. The van der Waals surface area contributed by atoms with Crippen LogP contribution in [0, 0.1) is 5.41 Å². The first-order chi connectivity index (χ1) is 7.08.